The van der Waals surface area contributed by atoms with Gasteiger partial charge < -0.3 is 5.32 Å². The average molecular weight is 417 g/mol. The first kappa shape index (κ1) is 19.4. The fraction of sp³-hybridized carbons (Fsp3) is 0.588. The number of nitrogens with zero attached hydrogens (tertiary/aromatic N) is 1. The largest absolute Gasteiger partial charge is 0.356 e. The molecular weight excluding hydrogens is 392 g/mol. The van der Waals surface area contributed by atoms with E-state index in [0.717, 1.165) is 22.9 Å². The zero-order chi connectivity index (χ0) is 17.6. The molecule has 0 bridgehead atoms. The number of piperidine rings is 1. The van der Waals surface area contributed by atoms with Crippen molar-refractivity contribution in [2.45, 2.75) is 38.4 Å². The molecule has 1 aromatic rings. The third kappa shape index (κ3) is 5.57. The predicted molar refractivity (Wildman–Crippen MR) is 99.0 cm³/mol. The van der Waals surface area contributed by atoms with Crippen LogP contribution in [0, 0.1) is 5.92 Å². The molecule has 1 aliphatic heterocycles. The molecule has 1 amide bonds. The Morgan fingerprint density at radius 1 is 1.33 bits per heavy atom. The molecule has 0 aromatic heterocycles. The van der Waals surface area contributed by atoms with Crippen molar-refractivity contribution in [3.05, 3.63) is 34.3 Å². The number of halogens is 1. The molecule has 0 radical (unpaired) electrons. The van der Waals surface area contributed by atoms with Crippen LogP contribution in [0.4, 0.5) is 0 Å². The molecule has 24 heavy (non-hydrogen) atoms. The Morgan fingerprint density at radius 2 is 2.04 bits per heavy atom. The zero-order valence-corrected chi connectivity index (χ0v) is 16.4. The molecule has 5 nitrogen and oxygen atoms in total. The first-order valence-electron chi connectivity index (χ1n) is 8.42. The third-order valence-corrected chi connectivity index (χ3v) is 6.63. The Kier molecular flexibility index (Phi) is 7.25. The maximum Gasteiger partial charge on any atom is 0.223 e. The SMILES string of the molecule is CCCCNC(=O)C1CCN(S(=O)(=O)Cc2cccc(Br)c2)CC1. The van der Waals surface area contributed by atoms with E-state index >= 15 is 0 Å². The number of hydrogen-bond acceptors (Lipinski definition) is 3. The van der Waals surface area contributed by atoms with Crippen molar-refractivity contribution in [3.8, 4) is 0 Å². The summed E-state index contributed by atoms with van der Waals surface area (Å²) in [4.78, 5) is 12.1. The summed E-state index contributed by atoms with van der Waals surface area (Å²) < 4.78 is 27.5. The van der Waals surface area contributed by atoms with Crippen molar-refractivity contribution < 1.29 is 13.2 Å². The number of carbonyl (C=O) groups excluding carboxylic acids is 1. The van der Waals surface area contributed by atoms with Gasteiger partial charge in [0, 0.05) is 30.0 Å². The van der Waals surface area contributed by atoms with Crippen molar-refractivity contribution >= 4 is 31.9 Å². The minimum atomic E-state index is -3.34. The van der Waals surface area contributed by atoms with Crippen molar-refractivity contribution in [2.75, 3.05) is 19.6 Å². The monoisotopic (exact) mass is 416 g/mol. The lowest BCUT2D eigenvalue weighted by atomic mass is 9.97. The first-order valence-corrected chi connectivity index (χ1v) is 10.8. The van der Waals surface area contributed by atoms with Crippen molar-refractivity contribution in [2.24, 2.45) is 5.92 Å². The second-order valence-corrected chi connectivity index (χ2v) is 9.09. The lowest BCUT2D eigenvalue weighted by Gasteiger charge is -2.30. The van der Waals surface area contributed by atoms with Gasteiger partial charge >= 0.3 is 0 Å². The number of nitrogens with one attached hydrogen (secondary N) is 1. The summed E-state index contributed by atoms with van der Waals surface area (Å²) in [7, 11) is -3.34. The summed E-state index contributed by atoms with van der Waals surface area (Å²) in [6, 6.07) is 7.35. The fourth-order valence-electron chi connectivity index (χ4n) is 2.86. The number of benzene rings is 1. The quantitative estimate of drug-likeness (QED) is 0.694. The fourth-order valence-corrected chi connectivity index (χ4v) is 4.85. The molecule has 0 spiro atoms. The summed E-state index contributed by atoms with van der Waals surface area (Å²) in [5.74, 6) is -0.00791. The van der Waals surface area contributed by atoms with Gasteiger partial charge in [-0.2, -0.15) is 0 Å². The minimum absolute atomic E-state index is 0.000195. The van der Waals surface area contributed by atoms with E-state index < -0.39 is 10.0 Å². The van der Waals surface area contributed by atoms with Crippen LogP contribution in [0.25, 0.3) is 0 Å². The minimum Gasteiger partial charge on any atom is -0.356 e. The highest BCUT2D eigenvalue weighted by molar-refractivity contribution is 9.10. The van der Waals surface area contributed by atoms with Crippen molar-refractivity contribution in [1.82, 2.24) is 9.62 Å². The smallest absolute Gasteiger partial charge is 0.223 e. The van der Waals surface area contributed by atoms with Crippen LogP contribution in [-0.4, -0.2) is 38.3 Å². The molecule has 1 aromatic carbocycles. The predicted octanol–water partition coefficient (Wildman–Crippen LogP) is 2.91. The first-order chi connectivity index (χ1) is 11.4. The van der Waals surface area contributed by atoms with Gasteiger partial charge in [-0.3, -0.25) is 4.79 Å². The highest BCUT2D eigenvalue weighted by Crippen LogP contribution is 2.22. The number of rotatable bonds is 7. The maximum atomic E-state index is 12.6. The second kappa shape index (κ2) is 8.97. The Hall–Kier alpha value is -0.920. The molecule has 1 heterocycles. The number of sulfonamides is 1. The van der Waals surface area contributed by atoms with E-state index in [4.69, 9.17) is 0 Å². The molecule has 2 rings (SSSR count). The lowest BCUT2D eigenvalue weighted by molar-refractivity contribution is -0.126. The molecule has 7 heteroatoms. The number of hydrogen-bond donors (Lipinski definition) is 1. The molecule has 1 N–H and O–H groups in total. The van der Waals surface area contributed by atoms with E-state index in [1.54, 1.807) is 0 Å². The summed E-state index contributed by atoms with van der Waals surface area (Å²) in [6.07, 6.45) is 3.21. The zero-order valence-electron chi connectivity index (χ0n) is 14.0. The third-order valence-electron chi connectivity index (χ3n) is 4.29. The summed E-state index contributed by atoms with van der Waals surface area (Å²) in [6.45, 7) is 3.63. The van der Waals surface area contributed by atoms with Crippen LogP contribution in [-0.2, 0) is 20.6 Å². The highest BCUT2D eigenvalue weighted by atomic mass is 79.9. The van der Waals surface area contributed by atoms with Gasteiger partial charge in [-0.25, -0.2) is 12.7 Å². The molecule has 0 atom stereocenters. The Balaban J connectivity index is 1.87. The van der Waals surface area contributed by atoms with Crippen LogP contribution in [0.3, 0.4) is 0 Å². The molecule has 0 saturated carbocycles. The molecule has 1 fully saturated rings. The van der Waals surface area contributed by atoms with Gasteiger partial charge in [0.1, 0.15) is 0 Å². The van der Waals surface area contributed by atoms with Gasteiger partial charge in [0.25, 0.3) is 0 Å². The van der Waals surface area contributed by atoms with E-state index in [1.807, 2.05) is 24.3 Å². The van der Waals surface area contributed by atoms with E-state index in [0.29, 0.717) is 32.5 Å². The van der Waals surface area contributed by atoms with Crippen LogP contribution in [0.1, 0.15) is 38.2 Å². The molecule has 0 aliphatic carbocycles. The van der Waals surface area contributed by atoms with Gasteiger partial charge in [0.05, 0.1) is 5.75 Å². The van der Waals surface area contributed by atoms with Crippen molar-refractivity contribution in [3.63, 3.8) is 0 Å². The van der Waals surface area contributed by atoms with Gasteiger partial charge in [0.15, 0.2) is 0 Å². The average Bonchev–Trinajstić information content (AvgIpc) is 2.55. The van der Waals surface area contributed by atoms with Crippen molar-refractivity contribution in [1.29, 1.82) is 0 Å². The van der Waals surface area contributed by atoms with E-state index in [-0.39, 0.29) is 17.6 Å². The summed E-state index contributed by atoms with van der Waals surface area (Å²) in [5, 5.41) is 2.94. The Bertz CT molecular complexity index is 656. The maximum absolute atomic E-state index is 12.6. The molecular formula is C17H25BrN2O3S. The molecule has 134 valence electrons. The van der Waals surface area contributed by atoms with Gasteiger partial charge in [-0.1, -0.05) is 41.4 Å². The van der Waals surface area contributed by atoms with E-state index in [2.05, 4.69) is 28.2 Å². The summed E-state index contributed by atoms with van der Waals surface area (Å²) >= 11 is 3.36. The number of unbranched alkanes of at least 4 members (excludes halogenated alkanes) is 1. The van der Waals surface area contributed by atoms with Crippen LogP contribution >= 0.6 is 15.9 Å². The lowest BCUT2D eigenvalue weighted by Crippen LogP contribution is -2.43. The second-order valence-electron chi connectivity index (χ2n) is 6.20. The number of carbonyl (C=O) groups is 1. The van der Waals surface area contributed by atoms with E-state index in [9.17, 15) is 13.2 Å². The molecule has 1 saturated heterocycles. The van der Waals surface area contributed by atoms with Crippen LogP contribution in [0.5, 0.6) is 0 Å². The van der Waals surface area contributed by atoms with Gasteiger partial charge in [-0.05, 0) is 37.0 Å². The topological polar surface area (TPSA) is 66.5 Å². The molecule has 1 aliphatic rings. The summed E-state index contributed by atoms with van der Waals surface area (Å²) in [5.41, 5.74) is 0.767. The standard InChI is InChI=1S/C17H25BrN2O3S/c1-2-3-9-19-17(21)15-7-10-20(11-8-15)24(22,23)13-14-5-4-6-16(18)12-14/h4-6,12,15H,2-3,7-11,13H2,1H3,(H,19,21). The normalized spacial score (nSPS) is 16.9. The van der Waals surface area contributed by atoms with E-state index in [1.165, 1.54) is 4.31 Å². The molecule has 0 unspecified atom stereocenters. The number of amides is 1. The Morgan fingerprint density at radius 3 is 2.67 bits per heavy atom. The van der Waals surface area contributed by atoms with Crippen LogP contribution < -0.4 is 5.32 Å². The van der Waals surface area contributed by atoms with Gasteiger partial charge in [-0.15, -0.1) is 0 Å². The Labute approximate surface area is 153 Å². The van der Waals surface area contributed by atoms with Gasteiger partial charge in [0.2, 0.25) is 15.9 Å². The highest BCUT2D eigenvalue weighted by Gasteiger charge is 2.30. The van der Waals surface area contributed by atoms with Crippen LogP contribution in [0.2, 0.25) is 0 Å². The van der Waals surface area contributed by atoms with Crippen LogP contribution in [0.15, 0.2) is 28.7 Å².